The lowest BCUT2D eigenvalue weighted by molar-refractivity contribution is -0.165. The van der Waals surface area contributed by atoms with Crippen LogP contribution in [0.25, 0.3) is 5.70 Å². The number of allylic oxidation sites excluding steroid dienone is 1. The Morgan fingerprint density at radius 3 is 2.40 bits per heavy atom. The summed E-state index contributed by atoms with van der Waals surface area (Å²) in [4.78, 5) is 30.5. The van der Waals surface area contributed by atoms with E-state index in [2.05, 4.69) is 53.9 Å². The average Bonchev–Trinajstić information content (AvgIpc) is 3.53. The molecular formula is C42H62N6O5. The molecule has 2 aromatic rings. The number of carbonyl (C=O) groups is 2. The van der Waals surface area contributed by atoms with Crippen molar-refractivity contribution in [3.63, 3.8) is 0 Å². The summed E-state index contributed by atoms with van der Waals surface area (Å²) in [5.74, 6) is 0.208. The molecule has 4 rings (SSSR count). The third-order valence-electron chi connectivity index (χ3n) is 10.1. The van der Waals surface area contributed by atoms with Crippen LogP contribution in [0.4, 0.5) is 11.4 Å². The molecule has 1 amide bonds. The minimum Gasteiger partial charge on any atom is -0.496 e. The number of ether oxygens (including phenoxy) is 3. The molecule has 0 aliphatic heterocycles. The zero-order chi connectivity index (χ0) is 38.9. The van der Waals surface area contributed by atoms with Crippen LogP contribution in [-0.4, -0.2) is 81.1 Å². The van der Waals surface area contributed by atoms with Gasteiger partial charge in [-0.15, -0.1) is 0 Å². The maximum Gasteiger partial charge on any atom is 0.337 e. The van der Waals surface area contributed by atoms with E-state index in [9.17, 15) is 9.59 Å². The first kappa shape index (κ1) is 41.4. The van der Waals surface area contributed by atoms with Crippen LogP contribution in [-0.2, 0) is 14.3 Å². The summed E-state index contributed by atoms with van der Waals surface area (Å²) in [6.45, 7) is 15.2. The highest BCUT2D eigenvalue weighted by Crippen LogP contribution is 2.48. The summed E-state index contributed by atoms with van der Waals surface area (Å²) in [7, 11) is 5.26. The van der Waals surface area contributed by atoms with Crippen molar-refractivity contribution in [3.05, 3.63) is 65.3 Å². The fourth-order valence-corrected chi connectivity index (χ4v) is 7.43. The molecule has 0 saturated heterocycles. The van der Waals surface area contributed by atoms with Gasteiger partial charge in [0.15, 0.2) is 5.54 Å². The highest BCUT2D eigenvalue weighted by molar-refractivity contribution is 6.43. The highest BCUT2D eigenvalue weighted by Gasteiger charge is 2.55. The first-order valence-corrected chi connectivity index (χ1v) is 18.9. The lowest BCUT2D eigenvalue weighted by Gasteiger charge is -2.44. The molecule has 11 heteroatoms. The lowest BCUT2D eigenvalue weighted by Crippen LogP contribution is -2.63. The SMILES string of the molecule is COc1cccc(OC)c1/C(=C/C(=N)C(=O)NC1(C(=O)OC(C)(C)C)C2=CCC(C2)CC1C)Nc1ccc(NCCCN(C)CCCN)cc1C(C)C. The van der Waals surface area contributed by atoms with Crippen LogP contribution >= 0.6 is 0 Å². The molecule has 0 aromatic heterocycles. The second-order valence-electron chi connectivity index (χ2n) is 15.8. The molecule has 1 fully saturated rings. The standard InChI is InChI=1S/C42H62N6O5/c1-27(2)32-25-31(45-20-12-22-48(7)21-11-19-43)17-18-34(32)46-35(38-36(51-8)13-10-14-37(38)52-9)26-33(44)39(49)47-42(40(50)53-41(4,5)6)28(3)23-29-15-16-30(42)24-29/h10,13-14,16-18,25-29,44-46H,11-12,15,19-24,43H2,1-9H3,(H,47,49)/b35-26-,44-33?. The van der Waals surface area contributed by atoms with Crippen LogP contribution in [0.2, 0.25) is 0 Å². The van der Waals surface area contributed by atoms with Crippen LogP contribution in [0.3, 0.4) is 0 Å². The van der Waals surface area contributed by atoms with Crippen molar-refractivity contribution < 1.29 is 23.8 Å². The van der Waals surface area contributed by atoms with Gasteiger partial charge in [0.1, 0.15) is 22.8 Å². The van der Waals surface area contributed by atoms with Crippen molar-refractivity contribution in [1.29, 1.82) is 5.41 Å². The summed E-state index contributed by atoms with van der Waals surface area (Å²) in [6, 6.07) is 11.6. The van der Waals surface area contributed by atoms with Gasteiger partial charge < -0.3 is 40.8 Å². The molecule has 1 saturated carbocycles. The zero-order valence-electron chi connectivity index (χ0n) is 33.3. The van der Waals surface area contributed by atoms with Crippen LogP contribution in [0.5, 0.6) is 11.5 Å². The predicted molar refractivity (Wildman–Crippen MR) is 215 cm³/mol. The molecule has 2 aliphatic rings. The number of esters is 1. The Kier molecular flexibility index (Phi) is 14.2. The minimum absolute atomic E-state index is 0.148. The summed E-state index contributed by atoms with van der Waals surface area (Å²) >= 11 is 0. The first-order chi connectivity index (χ1) is 25.1. The Morgan fingerprint density at radius 1 is 1.09 bits per heavy atom. The van der Waals surface area contributed by atoms with Crippen molar-refractivity contribution in [2.45, 2.75) is 90.7 Å². The van der Waals surface area contributed by atoms with Gasteiger partial charge in [-0.2, -0.15) is 0 Å². The Morgan fingerprint density at radius 2 is 1.77 bits per heavy atom. The number of nitrogens with zero attached hydrogens (tertiary/aromatic N) is 1. The number of anilines is 2. The second kappa shape index (κ2) is 18.1. The van der Waals surface area contributed by atoms with E-state index >= 15 is 0 Å². The van der Waals surface area contributed by atoms with Gasteiger partial charge in [-0.3, -0.25) is 10.2 Å². The molecule has 0 radical (unpaired) electrons. The van der Waals surface area contributed by atoms with E-state index in [-0.39, 0.29) is 17.5 Å². The summed E-state index contributed by atoms with van der Waals surface area (Å²) in [5.41, 5.74) is 7.93. The molecule has 0 heterocycles. The van der Waals surface area contributed by atoms with Gasteiger partial charge in [0, 0.05) is 17.9 Å². The van der Waals surface area contributed by atoms with Gasteiger partial charge in [0.25, 0.3) is 5.91 Å². The molecule has 3 atom stereocenters. The third kappa shape index (κ3) is 10.2. The van der Waals surface area contributed by atoms with Gasteiger partial charge in [-0.05, 0) is 145 Å². The number of hydrogen-bond acceptors (Lipinski definition) is 10. The van der Waals surface area contributed by atoms with E-state index in [0.29, 0.717) is 41.6 Å². The molecular weight excluding hydrogens is 668 g/mol. The van der Waals surface area contributed by atoms with Crippen molar-refractivity contribution >= 4 is 34.7 Å². The van der Waals surface area contributed by atoms with Crippen LogP contribution in [0.1, 0.15) is 90.7 Å². The van der Waals surface area contributed by atoms with E-state index in [1.54, 1.807) is 14.2 Å². The number of methoxy groups -OCH3 is 2. The topological polar surface area (TPSA) is 151 Å². The smallest absolute Gasteiger partial charge is 0.337 e. The normalized spacial score (nSPS) is 19.8. The zero-order valence-corrected chi connectivity index (χ0v) is 33.3. The Labute approximate surface area is 316 Å². The van der Waals surface area contributed by atoms with E-state index in [4.69, 9.17) is 25.4 Å². The Hall–Kier alpha value is -4.35. The molecule has 290 valence electrons. The Balaban J connectivity index is 1.68. The van der Waals surface area contributed by atoms with Crippen LogP contribution < -0.4 is 31.2 Å². The summed E-state index contributed by atoms with van der Waals surface area (Å²) in [5, 5.41) is 19.3. The predicted octanol–water partition coefficient (Wildman–Crippen LogP) is 6.96. The molecule has 2 bridgehead atoms. The molecule has 2 aliphatic carbocycles. The van der Waals surface area contributed by atoms with Crippen molar-refractivity contribution in [2.75, 3.05) is 58.1 Å². The molecule has 0 spiro atoms. The van der Waals surface area contributed by atoms with Gasteiger partial charge in [0.05, 0.1) is 25.5 Å². The van der Waals surface area contributed by atoms with Gasteiger partial charge in [0.2, 0.25) is 0 Å². The lowest BCUT2D eigenvalue weighted by atomic mass is 9.69. The highest BCUT2D eigenvalue weighted by atomic mass is 16.6. The monoisotopic (exact) mass is 730 g/mol. The molecule has 53 heavy (non-hydrogen) atoms. The fourth-order valence-electron chi connectivity index (χ4n) is 7.43. The average molecular weight is 731 g/mol. The largest absolute Gasteiger partial charge is 0.496 e. The number of rotatable bonds is 18. The van der Waals surface area contributed by atoms with Gasteiger partial charge in [-0.1, -0.05) is 32.9 Å². The van der Waals surface area contributed by atoms with E-state index < -0.39 is 23.0 Å². The Bertz CT molecular complexity index is 1660. The molecule has 2 aromatic carbocycles. The summed E-state index contributed by atoms with van der Waals surface area (Å²) in [6.07, 6.45) is 7.87. The van der Waals surface area contributed by atoms with Crippen molar-refractivity contribution in [1.82, 2.24) is 10.2 Å². The maximum absolute atomic E-state index is 14.2. The van der Waals surface area contributed by atoms with Crippen LogP contribution in [0, 0.1) is 17.2 Å². The van der Waals surface area contributed by atoms with E-state index in [0.717, 1.165) is 67.8 Å². The quantitative estimate of drug-likeness (QED) is 0.0475. The number of hydrogen-bond donors (Lipinski definition) is 5. The minimum atomic E-state index is -1.36. The summed E-state index contributed by atoms with van der Waals surface area (Å²) < 4.78 is 17.5. The van der Waals surface area contributed by atoms with Crippen molar-refractivity contribution in [2.24, 2.45) is 17.6 Å². The maximum atomic E-state index is 14.2. The molecule has 6 N–H and O–H groups in total. The van der Waals surface area contributed by atoms with Gasteiger partial charge in [-0.25, -0.2) is 4.79 Å². The number of carbonyl (C=O) groups excluding carboxylic acids is 2. The number of nitrogens with one attached hydrogen (secondary N) is 4. The van der Waals surface area contributed by atoms with E-state index in [1.807, 2.05) is 58.0 Å². The fraction of sp³-hybridized carbons (Fsp3) is 0.548. The van der Waals surface area contributed by atoms with Crippen molar-refractivity contribution in [3.8, 4) is 11.5 Å². The first-order valence-electron chi connectivity index (χ1n) is 18.9. The van der Waals surface area contributed by atoms with E-state index in [1.165, 1.54) is 6.08 Å². The molecule has 3 unspecified atom stereocenters. The van der Waals surface area contributed by atoms with Crippen LogP contribution in [0.15, 0.2) is 54.1 Å². The molecule has 11 nitrogen and oxygen atoms in total. The number of benzene rings is 2. The number of amides is 1. The van der Waals surface area contributed by atoms with Gasteiger partial charge >= 0.3 is 5.97 Å². The second-order valence-corrected chi connectivity index (χ2v) is 15.8. The third-order valence-corrected chi connectivity index (χ3v) is 10.1. The number of fused-ring (bicyclic) bond motifs is 2. The number of nitrogens with two attached hydrogens (primary N) is 1.